The van der Waals surface area contributed by atoms with E-state index in [2.05, 4.69) is 6.92 Å². The van der Waals surface area contributed by atoms with Crippen molar-refractivity contribution in [3.63, 3.8) is 0 Å². The van der Waals surface area contributed by atoms with Gasteiger partial charge in [-0.05, 0) is 25.0 Å². The molecule has 2 heteroatoms. The van der Waals surface area contributed by atoms with Crippen LogP contribution in [0.2, 0.25) is 0 Å². The van der Waals surface area contributed by atoms with Crippen LogP contribution in [0.4, 0.5) is 0 Å². The van der Waals surface area contributed by atoms with Gasteiger partial charge in [-0.25, -0.2) is 0 Å². The minimum Gasteiger partial charge on any atom is -0.335 e. The highest BCUT2D eigenvalue weighted by Crippen LogP contribution is 2.26. The maximum atomic E-state index is 9.88. The summed E-state index contributed by atoms with van der Waals surface area (Å²) in [6.07, 6.45) is 4.92. The van der Waals surface area contributed by atoms with Gasteiger partial charge in [-0.15, -0.1) is 0 Å². The van der Waals surface area contributed by atoms with Gasteiger partial charge in [-0.1, -0.05) is 31.5 Å². The fourth-order valence-electron chi connectivity index (χ4n) is 2.25. The van der Waals surface area contributed by atoms with E-state index >= 15 is 0 Å². The number of hydrogen-bond donors (Lipinski definition) is 0. The van der Waals surface area contributed by atoms with E-state index in [9.17, 15) is 4.79 Å². The Morgan fingerprint density at radius 3 is 2.56 bits per heavy atom. The first-order valence-corrected chi connectivity index (χ1v) is 6.05. The van der Waals surface area contributed by atoms with Crippen molar-refractivity contribution in [2.24, 2.45) is 5.92 Å². The van der Waals surface area contributed by atoms with Gasteiger partial charge in [0.1, 0.15) is 5.56 Å². The van der Waals surface area contributed by atoms with E-state index in [1.807, 2.05) is 30.3 Å². The van der Waals surface area contributed by atoms with Crippen LogP contribution in [0, 0.1) is 5.92 Å². The van der Waals surface area contributed by atoms with Gasteiger partial charge in [-0.2, -0.15) is 0 Å². The summed E-state index contributed by atoms with van der Waals surface area (Å²) >= 11 is 0. The molecule has 0 amide bonds. The number of ether oxygens (including phenoxy) is 1. The van der Waals surface area contributed by atoms with Gasteiger partial charge in [-0.3, -0.25) is 0 Å². The number of benzene rings is 1. The smallest absolute Gasteiger partial charge is 0.335 e. The number of rotatable bonds is 2. The van der Waals surface area contributed by atoms with E-state index in [4.69, 9.17) is 4.74 Å². The predicted molar refractivity (Wildman–Crippen MR) is 65.0 cm³/mol. The Hall–Kier alpha value is -1.31. The molecule has 1 saturated carbocycles. The van der Waals surface area contributed by atoms with Crippen molar-refractivity contribution in [1.29, 1.82) is 0 Å². The van der Waals surface area contributed by atoms with Crippen LogP contribution in [0.3, 0.4) is 0 Å². The molecule has 0 bridgehead atoms. The zero-order chi connectivity index (χ0) is 11.4. The molecule has 0 heterocycles. The standard InChI is InChI=1S/C14H18O2/c1-11-7-5-6-10-13(11)16-14(15)12-8-3-2-4-9-12/h2-4,8-9,11,13H,5-7,10H2,1H3/p+1. The summed E-state index contributed by atoms with van der Waals surface area (Å²) in [4.78, 5) is 9.88. The highest BCUT2D eigenvalue weighted by Gasteiger charge is 2.31. The predicted octanol–water partition coefficient (Wildman–Crippen LogP) is 3.13. The van der Waals surface area contributed by atoms with Crippen LogP contribution < -0.4 is 0 Å². The van der Waals surface area contributed by atoms with Crippen molar-refractivity contribution in [3.8, 4) is 0 Å². The second-order valence-electron chi connectivity index (χ2n) is 4.59. The molecular weight excluding hydrogens is 200 g/mol. The molecular formula is C14H19O2+. The number of carbonyl (C=O) groups excluding carboxylic acids is 1. The summed E-state index contributed by atoms with van der Waals surface area (Å²) in [6.45, 7) is 2.20. The Balaban J connectivity index is 1.96. The summed E-state index contributed by atoms with van der Waals surface area (Å²) in [7, 11) is 0. The zero-order valence-electron chi connectivity index (χ0n) is 9.73. The quantitative estimate of drug-likeness (QED) is 0.555. The lowest BCUT2D eigenvalue weighted by Crippen LogP contribution is -2.28. The first kappa shape index (κ1) is 11.2. The lowest BCUT2D eigenvalue weighted by Gasteiger charge is -2.22. The van der Waals surface area contributed by atoms with Crippen molar-refractivity contribution in [3.05, 3.63) is 35.9 Å². The summed E-state index contributed by atoms with van der Waals surface area (Å²) in [5.74, 6) is 0.610. The lowest BCUT2D eigenvalue weighted by molar-refractivity contribution is 0.0821. The Bertz CT molecular complexity index is 345. The minimum absolute atomic E-state index is 0.0688. The summed E-state index contributed by atoms with van der Waals surface area (Å²) in [5, 5.41) is 0. The van der Waals surface area contributed by atoms with Gasteiger partial charge in [0.15, 0.2) is 6.10 Å². The van der Waals surface area contributed by atoms with Crippen LogP contribution in [-0.2, 0) is 4.74 Å². The molecule has 0 spiro atoms. The second-order valence-corrected chi connectivity index (χ2v) is 4.59. The second kappa shape index (κ2) is 5.15. The van der Waals surface area contributed by atoms with Gasteiger partial charge < -0.3 is 9.53 Å². The Morgan fingerprint density at radius 1 is 1.19 bits per heavy atom. The summed E-state index contributed by atoms with van der Waals surface area (Å²) in [6, 6.07) is 9.46. The summed E-state index contributed by atoms with van der Waals surface area (Å²) < 4.78 is 5.66. The molecule has 0 aliphatic heterocycles. The third-order valence-corrected chi connectivity index (χ3v) is 3.32. The van der Waals surface area contributed by atoms with E-state index in [1.54, 1.807) is 0 Å². The highest BCUT2D eigenvalue weighted by molar-refractivity contribution is 5.90. The van der Waals surface area contributed by atoms with Crippen LogP contribution in [0.25, 0.3) is 0 Å². The fraction of sp³-hybridized carbons (Fsp3) is 0.500. The maximum Gasteiger partial charge on any atom is 0.517 e. The van der Waals surface area contributed by atoms with Crippen molar-refractivity contribution >= 4 is 5.97 Å². The minimum atomic E-state index is 0.0688. The molecule has 1 N–H and O–H groups in total. The Kier molecular flexibility index (Phi) is 3.60. The van der Waals surface area contributed by atoms with E-state index in [-0.39, 0.29) is 12.1 Å². The zero-order valence-corrected chi connectivity index (χ0v) is 9.73. The average Bonchev–Trinajstić information content (AvgIpc) is 2.33. The molecule has 16 heavy (non-hydrogen) atoms. The Morgan fingerprint density at radius 2 is 1.88 bits per heavy atom. The van der Waals surface area contributed by atoms with E-state index in [1.165, 1.54) is 19.3 Å². The molecule has 2 unspecified atom stereocenters. The molecule has 1 fully saturated rings. The van der Waals surface area contributed by atoms with Gasteiger partial charge in [0, 0.05) is 12.3 Å². The van der Waals surface area contributed by atoms with Crippen molar-refractivity contribution in [1.82, 2.24) is 0 Å². The Labute approximate surface area is 96.6 Å². The van der Waals surface area contributed by atoms with Gasteiger partial charge in [0.25, 0.3) is 0 Å². The van der Waals surface area contributed by atoms with E-state index in [0.29, 0.717) is 5.92 Å². The summed E-state index contributed by atoms with van der Waals surface area (Å²) in [5.41, 5.74) is 0.764. The van der Waals surface area contributed by atoms with Gasteiger partial charge in [0.05, 0.1) is 0 Å². The third kappa shape index (κ3) is 2.63. The van der Waals surface area contributed by atoms with Gasteiger partial charge in [0.2, 0.25) is 0 Å². The molecule has 1 aromatic rings. The van der Waals surface area contributed by atoms with Crippen molar-refractivity contribution in [2.75, 3.05) is 0 Å². The third-order valence-electron chi connectivity index (χ3n) is 3.32. The van der Waals surface area contributed by atoms with Crippen molar-refractivity contribution < 1.29 is 9.53 Å². The van der Waals surface area contributed by atoms with Crippen LogP contribution in [0.1, 0.15) is 38.2 Å². The van der Waals surface area contributed by atoms with Crippen LogP contribution in [0.15, 0.2) is 30.3 Å². The monoisotopic (exact) mass is 219 g/mol. The molecule has 86 valence electrons. The molecule has 0 saturated heterocycles. The van der Waals surface area contributed by atoms with Crippen LogP contribution in [-0.4, -0.2) is 16.9 Å². The maximum absolute atomic E-state index is 9.88. The number of hydrogen-bond acceptors (Lipinski definition) is 1. The van der Waals surface area contributed by atoms with Crippen LogP contribution >= 0.6 is 0 Å². The normalized spacial score (nSPS) is 25.1. The molecule has 1 aliphatic rings. The van der Waals surface area contributed by atoms with Crippen LogP contribution in [0.5, 0.6) is 0 Å². The molecule has 2 nitrogen and oxygen atoms in total. The molecule has 1 aliphatic carbocycles. The molecule has 1 aromatic carbocycles. The molecule has 0 aromatic heterocycles. The first-order chi connectivity index (χ1) is 7.77. The highest BCUT2D eigenvalue weighted by atomic mass is 16.5. The number of esters is 1. The van der Waals surface area contributed by atoms with E-state index in [0.717, 1.165) is 12.0 Å². The molecule has 2 atom stereocenters. The molecule has 0 radical (unpaired) electrons. The van der Waals surface area contributed by atoms with Gasteiger partial charge >= 0.3 is 5.97 Å². The average molecular weight is 219 g/mol. The SMILES string of the molecule is CC1CCCCC1OC(=[OH+])c1ccccc1. The topological polar surface area (TPSA) is 30.6 Å². The molecule has 2 rings (SSSR count). The van der Waals surface area contributed by atoms with Crippen molar-refractivity contribution in [2.45, 2.75) is 38.7 Å². The first-order valence-electron chi connectivity index (χ1n) is 6.05. The largest absolute Gasteiger partial charge is 0.517 e. The lowest BCUT2D eigenvalue weighted by atomic mass is 9.88. The fourth-order valence-corrected chi connectivity index (χ4v) is 2.25. The van der Waals surface area contributed by atoms with E-state index < -0.39 is 0 Å².